The summed E-state index contributed by atoms with van der Waals surface area (Å²) in [5, 5.41) is 19.0. The number of aryl methyl sites for hydroxylation is 1. The minimum absolute atomic E-state index is 0.0392. The van der Waals surface area contributed by atoms with E-state index in [2.05, 4.69) is 66.1 Å². The van der Waals surface area contributed by atoms with Gasteiger partial charge in [0.2, 0.25) is 0 Å². The predicted octanol–water partition coefficient (Wildman–Crippen LogP) is 5.34. The average Bonchev–Trinajstić information content (AvgIpc) is 2.98. The molecule has 0 bridgehead atoms. The minimum atomic E-state index is 0.0392. The summed E-state index contributed by atoms with van der Waals surface area (Å²) in [6, 6.07) is 24.7. The van der Waals surface area contributed by atoms with Crippen LogP contribution in [-0.2, 0) is 0 Å². The van der Waals surface area contributed by atoms with Crippen LogP contribution in [0.15, 0.2) is 60.7 Å². The Balaban J connectivity index is 1.86. The fourth-order valence-corrected chi connectivity index (χ4v) is 3.91. The second kappa shape index (κ2) is 6.76. The van der Waals surface area contributed by atoms with Crippen LogP contribution in [0.5, 0.6) is 0 Å². The summed E-state index contributed by atoms with van der Waals surface area (Å²) in [6.45, 7) is 4.21. The van der Waals surface area contributed by atoms with Gasteiger partial charge in [-0.1, -0.05) is 36.4 Å². The van der Waals surface area contributed by atoms with Gasteiger partial charge in [-0.15, -0.1) is 0 Å². The summed E-state index contributed by atoms with van der Waals surface area (Å²) in [5.74, 6) is 0. The topological polar surface area (TPSA) is 54.1 Å². The third kappa shape index (κ3) is 2.68. The van der Waals surface area contributed by atoms with Crippen molar-refractivity contribution in [1.82, 2.24) is 0 Å². The molecule has 0 amide bonds. The van der Waals surface area contributed by atoms with Gasteiger partial charge in [-0.05, 0) is 54.8 Å². The first-order chi connectivity index (χ1) is 13.5. The van der Waals surface area contributed by atoms with Crippen LogP contribution < -0.4 is 9.80 Å². The Hall–Kier alpha value is -3.76. The van der Waals surface area contributed by atoms with Crippen LogP contribution >= 0.6 is 0 Å². The van der Waals surface area contributed by atoms with E-state index in [-0.39, 0.29) is 6.17 Å². The quantitative estimate of drug-likeness (QED) is 0.616. The first kappa shape index (κ1) is 17.6. The van der Waals surface area contributed by atoms with Crippen molar-refractivity contribution < 1.29 is 0 Å². The highest BCUT2D eigenvalue weighted by molar-refractivity contribution is 5.89. The summed E-state index contributed by atoms with van der Waals surface area (Å²) in [5.41, 5.74) is 7.37. The van der Waals surface area contributed by atoms with Crippen molar-refractivity contribution in [2.45, 2.75) is 20.0 Å². The Labute approximate surface area is 165 Å². The number of nitrogens with zero attached hydrogens (tertiary/aromatic N) is 4. The van der Waals surface area contributed by atoms with Crippen molar-refractivity contribution in [1.29, 1.82) is 10.5 Å². The Morgan fingerprint density at radius 2 is 1.61 bits per heavy atom. The van der Waals surface area contributed by atoms with Crippen molar-refractivity contribution in [3.05, 3.63) is 77.4 Å². The van der Waals surface area contributed by atoms with Gasteiger partial charge < -0.3 is 9.80 Å². The third-order valence-corrected chi connectivity index (χ3v) is 5.46. The molecule has 0 unspecified atom stereocenters. The second-order valence-corrected chi connectivity index (χ2v) is 7.10. The zero-order chi connectivity index (χ0) is 19.8. The Morgan fingerprint density at radius 1 is 0.857 bits per heavy atom. The molecular weight excluding hydrogens is 344 g/mol. The van der Waals surface area contributed by atoms with Crippen LogP contribution in [-0.4, -0.2) is 13.2 Å². The number of rotatable bonds is 2. The van der Waals surface area contributed by atoms with E-state index >= 15 is 0 Å². The lowest BCUT2D eigenvalue weighted by Crippen LogP contribution is -2.36. The molecule has 28 heavy (non-hydrogen) atoms. The molecule has 1 aliphatic rings. The molecule has 0 aromatic heterocycles. The van der Waals surface area contributed by atoms with Crippen LogP contribution in [0.1, 0.15) is 23.6 Å². The third-order valence-electron chi connectivity index (χ3n) is 5.46. The lowest BCUT2D eigenvalue weighted by molar-refractivity contribution is 0.732. The molecule has 4 heteroatoms. The maximum absolute atomic E-state index is 9.72. The van der Waals surface area contributed by atoms with E-state index < -0.39 is 0 Å². The molecule has 0 saturated carbocycles. The number of hydrogen-bond donors (Lipinski definition) is 0. The lowest BCUT2D eigenvalue weighted by atomic mass is 10.0. The van der Waals surface area contributed by atoms with Gasteiger partial charge in [0.05, 0.1) is 28.6 Å². The van der Waals surface area contributed by atoms with Gasteiger partial charge in [-0.3, -0.25) is 0 Å². The number of fused-ring (bicyclic) bond motifs is 1. The largest absolute Gasteiger partial charge is 0.352 e. The molecule has 0 spiro atoms. The molecule has 3 aromatic carbocycles. The predicted molar refractivity (Wildman–Crippen MR) is 112 cm³/mol. The number of anilines is 3. The lowest BCUT2D eigenvalue weighted by Gasteiger charge is -2.29. The van der Waals surface area contributed by atoms with Crippen LogP contribution in [0.4, 0.5) is 17.1 Å². The summed E-state index contributed by atoms with van der Waals surface area (Å²) < 4.78 is 0. The van der Waals surface area contributed by atoms with E-state index in [1.807, 2.05) is 31.3 Å². The Morgan fingerprint density at radius 3 is 2.25 bits per heavy atom. The molecule has 4 rings (SSSR count). The van der Waals surface area contributed by atoms with Gasteiger partial charge in [0.1, 0.15) is 12.2 Å². The minimum Gasteiger partial charge on any atom is -0.352 e. The number of nitriles is 2. The smallest absolute Gasteiger partial charge is 0.103 e. The van der Waals surface area contributed by atoms with Crippen molar-refractivity contribution in [2.24, 2.45) is 0 Å². The Kier molecular flexibility index (Phi) is 4.26. The normalized spacial score (nSPS) is 15.1. The average molecular weight is 364 g/mol. The van der Waals surface area contributed by atoms with E-state index in [0.29, 0.717) is 11.1 Å². The first-order valence-corrected chi connectivity index (χ1v) is 9.21. The fourth-order valence-electron chi connectivity index (χ4n) is 3.91. The van der Waals surface area contributed by atoms with Crippen molar-refractivity contribution in [3.63, 3.8) is 0 Å². The van der Waals surface area contributed by atoms with E-state index in [1.54, 1.807) is 6.07 Å². The highest BCUT2D eigenvalue weighted by atomic mass is 15.4. The van der Waals surface area contributed by atoms with E-state index in [9.17, 15) is 10.5 Å². The highest BCUT2D eigenvalue weighted by Gasteiger charge is 2.35. The molecule has 1 aliphatic heterocycles. The first-order valence-electron chi connectivity index (χ1n) is 9.21. The molecule has 0 N–H and O–H groups in total. The second-order valence-electron chi connectivity index (χ2n) is 7.10. The van der Waals surface area contributed by atoms with Gasteiger partial charge in [0.15, 0.2) is 0 Å². The zero-order valence-electron chi connectivity index (χ0n) is 16.1. The highest BCUT2D eigenvalue weighted by Crippen LogP contribution is 2.47. The van der Waals surface area contributed by atoms with Crippen molar-refractivity contribution in [3.8, 4) is 23.3 Å². The summed E-state index contributed by atoms with van der Waals surface area (Å²) in [6.07, 6.45) is 0.0392. The Bertz CT molecular complexity index is 1140. The van der Waals surface area contributed by atoms with Crippen LogP contribution in [0.2, 0.25) is 0 Å². The molecule has 4 nitrogen and oxygen atoms in total. The standard InChI is InChI=1S/C24H20N4/c1-16-11-20(19-7-5-4-6-8-19)9-10-22(16)28-17(2)27(3)23-13-18(14-25)12-21(15-26)24(23)28/h4-13,17H,1-3H3/t17-/m0/s1. The van der Waals surface area contributed by atoms with Gasteiger partial charge in [0.25, 0.3) is 0 Å². The molecule has 0 saturated heterocycles. The molecule has 0 radical (unpaired) electrons. The maximum atomic E-state index is 9.72. The molecule has 136 valence electrons. The van der Waals surface area contributed by atoms with Crippen LogP contribution in [0.3, 0.4) is 0 Å². The van der Waals surface area contributed by atoms with Crippen molar-refractivity contribution >= 4 is 17.1 Å². The maximum Gasteiger partial charge on any atom is 0.103 e. The van der Waals surface area contributed by atoms with Gasteiger partial charge in [0, 0.05) is 12.7 Å². The van der Waals surface area contributed by atoms with E-state index in [4.69, 9.17) is 0 Å². The molecular formula is C24H20N4. The molecule has 1 atom stereocenters. The molecule has 0 aliphatic carbocycles. The van der Waals surface area contributed by atoms with Gasteiger partial charge >= 0.3 is 0 Å². The number of hydrogen-bond acceptors (Lipinski definition) is 4. The monoisotopic (exact) mass is 364 g/mol. The summed E-state index contributed by atoms with van der Waals surface area (Å²) >= 11 is 0. The summed E-state index contributed by atoms with van der Waals surface area (Å²) in [4.78, 5) is 4.31. The summed E-state index contributed by atoms with van der Waals surface area (Å²) in [7, 11) is 2.00. The van der Waals surface area contributed by atoms with Crippen molar-refractivity contribution in [2.75, 3.05) is 16.8 Å². The van der Waals surface area contributed by atoms with Gasteiger partial charge in [-0.2, -0.15) is 10.5 Å². The van der Waals surface area contributed by atoms with E-state index in [0.717, 1.165) is 22.6 Å². The SMILES string of the molecule is Cc1cc(-c2ccccc2)ccc1N1c2c(C#N)cc(C#N)cc2N(C)[C@@H]1C. The molecule has 0 fully saturated rings. The molecule has 3 aromatic rings. The van der Waals surface area contributed by atoms with Crippen LogP contribution in [0, 0.1) is 29.6 Å². The number of benzene rings is 3. The molecule has 1 heterocycles. The zero-order valence-corrected chi connectivity index (χ0v) is 16.1. The van der Waals surface area contributed by atoms with Crippen LogP contribution in [0.25, 0.3) is 11.1 Å². The van der Waals surface area contributed by atoms with Gasteiger partial charge in [-0.25, -0.2) is 0 Å². The van der Waals surface area contributed by atoms with E-state index in [1.165, 1.54) is 11.1 Å². The fraction of sp³-hybridized carbons (Fsp3) is 0.167.